The number of aliphatic hydroxyl groups is 1. The minimum atomic E-state index is -0.875. The predicted molar refractivity (Wildman–Crippen MR) is 71.2 cm³/mol. The Morgan fingerprint density at radius 3 is 2.11 bits per heavy atom. The van der Waals surface area contributed by atoms with E-state index >= 15 is 0 Å². The van der Waals surface area contributed by atoms with Crippen molar-refractivity contribution in [1.82, 2.24) is 9.80 Å². The van der Waals surface area contributed by atoms with E-state index in [-0.39, 0.29) is 31.5 Å². The second kappa shape index (κ2) is 6.07. The van der Waals surface area contributed by atoms with Gasteiger partial charge < -0.3 is 14.6 Å². The van der Waals surface area contributed by atoms with E-state index < -0.39 is 11.6 Å². The summed E-state index contributed by atoms with van der Waals surface area (Å²) in [6, 6.07) is -0.350. The predicted octanol–water partition coefficient (Wildman–Crippen LogP) is 1.30. The molecule has 2 amide bonds. The van der Waals surface area contributed by atoms with Crippen LogP contribution in [0.15, 0.2) is 0 Å². The molecule has 0 bridgehead atoms. The highest BCUT2D eigenvalue weighted by atomic mass is 16.5. The molecule has 0 spiro atoms. The molecule has 19 heavy (non-hydrogen) atoms. The molecule has 0 aromatic heterocycles. The quantitative estimate of drug-likeness (QED) is 0.821. The summed E-state index contributed by atoms with van der Waals surface area (Å²) in [6.45, 7) is 8.27. The molecule has 1 heterocycles. The van der Waals surface area contributed by atoms with E-state index in [9.17, 15) is 9.90 Å². The van der Waals surface area contributed by atoms with Gasteiger partial charge in [-0.3, -0.25) is 9.80 Å². The second-order valence-corrected chi connectivity index (χ2v) is 5.94. The summed E-state index contributed by atoms with van der Waals surface area (Å²) in [6.07, 6.45) is -0.875. The number of hydrogen-bond donors (Lipinski definition) is 1. The van der Waals surface area contributed by atoms with Crippen LogP contribution in [0.4, 0.5) is 4.79 Å². The Balaban J connectivity index is 3.14. The minimum Gasteiger partial charge on any atom is -0.373 e. The number of amides is 2. The topological polar surface area (TPSA) is 62.2 Å². The highest BCUT2D eigenvalue weighted by molar-refractivity contribution is 5.76. The van der Waals surface area contributed by atoms with Crippen molar-refractivity contribution in [2.24, 2.45) is 11.3 Å². The summed E-state index contributed by atoms with van der Waals surface area (Å²) >= 11 is 0. The molecular weight excluding hydrogens is 248 g/mol. The van der Waals surface area contributed by atoms with Gasteiger partial charge in [-0.15, -0.1) is 0 Å². The van der Waals surface area contributed by atoms with Gasteiger partial charge in [0.25, 0.3) is 0 Å². The monoisotopic (exact) mass is 274 g/mol. The average Bonchev–Trinajstić information content (AvgIpc) is 2.31. The van der Waals surface area contributed by atoms with E-state index in [0.717, 1.165) is 0 Å². The number of rotatable bonds is 5. The lowest BCUT2D eigenvalue weighted by Crippen LogP contribution is -2.69. The summed E-state index contributed by atoms with van der Waals surface area (Å²) < 4.78 is 10.2. The van der Waals surface area contributed by atoms with E-state index in [1.807, 2.05) is 27.7 Å². The molecule has 112 valence electrons. The van der Waals surface area contributed by atoms with Crippen LogP contribution in [0, 0.1) is 11.3 Å². The number of ether oxygens (including phenoxy) is 2. The first-order chi connectivity index (χ1) is 8.78. The molecule has 2 atom stereocenters. The Labute approximate surface area is 115 Å². The zero-order valence-corrected chi connectivity index (χ0v) is 12.7. The fourth-order valence-electron chi connectivity index (χ4n) is 3.10. The van der Waals surface area contributed by atoms with Crippen LogP contribution < -0.4 is 0 Å². The maximum absolute atomic E-state index is 12.5. The molecule has 0 radical (unpaired) electrons. The summed E-state index contributed by atoms with van der Waals surface area (Å²) in [4.78, 5) is 15.4. The molecule has 0 aromatic carbocycles. The Hall–Kier alpha value is -0.850. The lowest BCUT2D eigenvalue weighted by molar-refractivity contribution is -0.167. The van der Waals surface area contributed by atoms with Gasteiger partial charge in [0.1, 0.15) is 19.7 Å². The van der Waals surface area contributed by atoms with E-state index in [1.54, 1.807) is 12.0 Å². The third-order valence-electron chi connectivity index (χ3n) is 3.72. The number of aliphatic hydroxyl groups excluding tert-OH is 1. The molecule has 1 rings (SSSR count). The van der Waals surface area contributed by atoms with Gasteiger partial charge in [0.05, 0.1) is 0 Å². The summed E-state index contributed by atoms with van der Waals surface area (Å²) in [7, 11) is 3.06. The number of carbonyl (C=O) groups is 1. The van der Waals surface area contributed by atoms with Gasteiger partial charge in [0.2, 0.25) is 0 Å². The molecule has 0 aliphatic carbocycles. The largest absolute Gasteiger partial charge is 0.373 e. The second-order valence-electron chi connectivity index (χ2n) is 5.94. The van der Waals surface area contributed by atoms with Crippen LogP contribution in [-0.4, -0.2) is 60.9 Å². The molecule has 1 saturated heterocycles. The summed E-state index contributed by atoms with van der Waals surface area (Å²) in [5, 5.41) is 10.5. The van der Waals surface area contributed by atoms with Crippen LogP contribution >= 0.6 is 0 Å². The van der Waals surface area contributed by atoms with Gasteiger partial charge in [-0.05, 0) is 5.92 Å². The van der Waals surface area contributed by atoms with Crippen molar-refractivity contribution in [2.75, 3.05) is 27.7 Å². The highest BCUT2D eigenvalue weighted by Crippen LogP contribution is 2.40. The van der Waals surface area contributed by atoms with Crippen molar-refractivity contribution in [1.29, 1.82) is 0 Å². The van der Waals surface area contributed by atoms with E-state index in [1.165, 1.54) is 12.0 Å². The molecule has 1 aliphatic heterocycles. The van der Waals surface area contributed by atoms with Crippen molar-refractivity contribution >= 4 is 6.03 Å². The lowest BCUT2D eigenvalue weighted by Gasteiger charge is -2.54. The molecule has 6 nitrogen and oxygen atoms in total. The first-order valence-corrected chi connectivity index (χ1v) is 6.52. The molecule has 1 fully saturated rings. The van der Waals surface area contributed by atoms with Crippen LogP contribution in [0.1, 0.15) is 27.7 Å². The molecule has 6 heteroatoms. The maximum Gasteiger partial charge on any atom is 0.326 e. The third kappa shape index (κ3) is 2.85. The normalized spacial score (nSPS) is 27.3. The highest BCUT2D eigenvalue weighted by Gasteiger charge is 2.52. The van der Waals surface area contributed by atoms with Crippen molar-refractivity contribution in [3.8, 4) is 0 Å². The van der Waals surface area contributed by atoms with Crippen molar-refractivity contribution in [3.05, 3.63) is 0 Å². The van der Waals surface area contributed by atoms with E-state index in [4.69, 9.17) is 9.47 Å². The van der Waals surface area contributed by atoms with Crippen LogP contribution in [0.3, 0.4) is 0 Å². The Morgan fingerprint density at radius 2 is 1.68 bits per heavy atom. The first-order valence-electron chi connectivity index (χ1n) is 6.52. The standard InChI is InChI=1S/C13H26N2O4/c1-9(2)10-13(3,4)11(16)15(8-19-6)12(17)14(10)7-18-5/h9-11,16H,7-8H2,1-6H3. The molecule has 0 aromatic rings. The van der Waals surface area contributed by atoms with Gasteiger partial charge in [-0.2, -0.15) is 0 Å². The molecule has 1 N–H and O–H groups in total. The van der Waals surface area contributed by atoms with E-state index in [0.29, 0.717) is 0 Å². The molecular formula is C13H26N2O4. The minimum absolute atomic E-state index is 0.0639. The van der Waals surface area contributed by atoms with Gasteiger partial charge in [0, 0.05) is 25.7 Å². The third-order valence-corrected chi connectivity index (χ3v) is 3.72. The van der Waals surface area contributed by atoms with Gasteiger partial charge in [-0.1, -0.05) is 27.7 Å². The van der Waals surface area contributed by atoms with Crippen molar-refractivity contribution in [3.63, 3.8) is 0 Å². The molecule has 1 aliphatic rings. The number of urea groups is 1. The van der Waals surface area contributed by atoms with Crippen LogP contribution in [0.5, 0.6) is 0 Å². The average molecular weight is 274 g/mol. The first kappa shape index (κ1) is 16.2. The van der Waals surface area contributed by atoms with Gasteiger partial charge >= 0.3 is 6.03 Å². The zero-order chi connectivity index (χ0) is 14.8. The maximum atomic E-state index is 12.5. The van der Waals surface area contributed by atoms with Gasteiger partial charge in [-0.25, -0.2) is 4.79 Å². The smallest absolute Gasteiger partial charge is 0.326 e. The fraction of sp³-hybridized carbons (Fsp3) is 0.923. The summed E-state index contributed by atoms with van der Waals surface area (Å²) in [5.74, 6) is 0.216. The summed E-state index contributed by atoms with van der Waals surface area (Å²) in [5.41, 5.74) is -0.473. The number of carbonyl (C=O) groups excluding carboxylic acids is 1. The lowest BCUT2D eigenvalue weighted by atomic mass is 9.74. The molecule has 0 saturated carbocycles. The zero-order valence-electron chi connectivity index (χ0n) is 12.7. The Kier molecular flexibility index (Phi) is 5.18. The fourth-order valence-corrected chi connectivity index (χ4v) is 3.10. The van der Waals surface area contributed by atoms with Crippen molar-refractivity contribution < 1.29 is 19.4 Å². The number of methoxy groups -OCH3 is 2. The Morgan fingerprint density at radius 1 is 1.21 bits per heavy atom. The Bertz CT molecular complexity index is 320. The van der Waals surface area contributed by atoms with Crippen molar-refractivity contribution in [2.45, 2.75) is 40.0 Å². The molecule has 2 unspecified atom stereocenters. The SMILES string of the molecule is COCN1C(=O)N(COC)C(C(C)C)C(C)(C)C1O. The van der Waals surface area contributed by atoms with Crippen LogP contribution in [-0.2, 0) is 9.47 Å². The van der Waals surface area contributed by atoms with Crippen LogP contribution in [0.2, 0.25) is 0 Å². The van der Waals surface area contributed by atoms with E-state index in [2.05, 4.69) is 0 Å². The number of hydrogen-bond acceptors (Lipinski definition) is 4. The number of nitrogens with zero attached hydrogens (tertiary/aromatic N) is 2. The van der Waals surface area contributed by atoms with Crippen LogP contribution in [0.25, 0.3) is 0 Å². The van der Waals surface area contributed by atoms with Gasteiger partial charge in [0.15, 0.2) is 0 Å².